The predicted molar refractivity (Wildman–Crippen MR) is 78.8 cm³/mol. The van der Waals surface area contributed by atoms with E-state index in [0.29, 0.717) is 6.04 Å². The molecule has 1 aliphatic carbocycles. The third-order valence-electron chi connectivity index (χ3n) is 4.81. The van der Waals surface area contributed by atoms with Crippen molar-refractivity contribution in [3.8, 4) is 6.07 Å². The monoisotopic (exact) mass is 263 g/mol. The molecule has 0 radical (unpaired) electrons. The van der Waals surface area contributed by atoms with Crippen molar-refractivity contribution in [3.05, 3.63) is 0 Å². The SMILES string of the molecule is CC(C)NC(C)(C#N)CCCN1CC2CCCC2C1. The molecule has 3 atom stereocenters. The average molecular weight is 263 g/mol. The van der Waals surface area contributed by atoms with Gasteiger partial charge in [0.25, 0.3) is 0 Å². The van der Waals surface area contributed by atoms with Crippen LogP contribution in [0.15, 0.2) is 0 Å². The summed E-state index contributed by atoms with van der Waals surface area (Å²) in [6, 6.07) is 2.82. The quantitative estimate of drug-likeness (QED) is 0.801. The normalized spacial score (nSPS) is 30.3. The van der Waals surface area contributed by atoms with Gasteiger partial charge < -0.3 is 4.90 Å². The van der Waals surface area contributed by atoms with Crippen LogP contribution in [0.1, 0.15) is 52.9 Å². The fraction of sp³-hybridized carbons (Fsp3) is 0.938. The summed E-state index contributed by atoms with van der Waals surface area (Å²) in [6.45, 7) is 10.0. The first-order valence-corrected chi connectivity index (χ1v) is 7.94. The van der Waals surface area contributed by atoms with Gasteiger partial charge in [-0.25, -0.2) is 0 Å². The number of nitrogens with zero attached hydrogens (tertiary/aromatic N) is 2. The van der Waals surface area contributed by atoms with Crippen LogP contribution in [0.25, 0.3) is 0 Å². The fourth-order valence-electron chi connectivity index (χ4n) is 3.97. The van der Waals surface area contributed by atoms with Crippen LogP contribution in [0.5, 0.6) is 0 Å². The van der Waals surface area contributed by atoms with Crippen LogP contribution in [0.3, 0.4) is 0 Å². The summed E-state index contributed by atoms with van der Waals surface area (Å²) in [5, 5.41) is 12.7. The molecule has 1 N–H and O–H groups in total. The first-order valence-electron chi connectivity index (χ1n) is 7.94. The van der Waals surface area contributed by atoms with Crippen LogP contribution < -0.4 is 5.32 Å². The van der Waals surface area contributed by atoms with E-state index in [-0.39, 0.29) is 5.54 Å². The maximum absolute atomic E-state index is 9.33. The number of likely N-dealkylation sites (tertiary alicyclic amines) is 1. The highest BCUT2D eigenvalue weighted by atomic mass is 15.2. The van der Waals surface area contributed by atoms with E-state index >= 15 is 0 Å². The Bertz CT molecular complexity index is 321. The lowest BCUT2D eigenvalue weighted by Crippen LogP contribution is -2.45. The predicted octanol–water partition coefficient (Wildman–Crippen LogP) is 2.78. The van der Waals surface area contributed by atoms with E-state index in [0.717, 1.165) is 24.7 Å². The van der Waals surface area contributed by atoms with Gasteiger partial charge in [0.1, 0.15) is 5.54 Å². The highest BCUT2D eigenvalue weighted by Crippen LogP contribution is 2.37. The maximum atomic E-state index is 9.33. The van der Waals surface area contributed by atoms with E-state index in [2.05, 4.69) is 30.1 Å². The number of hydrogen-bond acceptors (Lipinski definition) is 3. The third kappa shape index (κ3) is 3.94. The van der Waals surface area contributed by atoms with E-state index in [1.165, 1.54) is 38.9 Å². The molecule has 0 aromatic heterocycles. The van der Waals surface area contributed by atoms with E-state index < -0.39 is 0 Å². The van der Waals surface area contributed by atoms with Gasteiger partial charge in [0.15, 0.2) is 0 Å². The average Bonchev–Trinajstić information content (AvgIpc) is 2.88. The Balaban J connectivity index is 1.70. The topological polar surface area (TPSA) is 39.1 Å². The Morgan fingerprint density at radius 1 is 1.32 bits per heavy atom. The van der Waals surface area contributed by atoms with Gasteiger partial charge in [-0.3, -0.25) is 5.32 Å². The van der Waals surface area contributed by atoms with Crippen LogP contribution >= 0.6 is 0 Å². The summed E-state index contributed by atoms with van der Waals surface area (Å²) in [5.41, 5.74) is -0.357. The number of hydrogen-bond donors (Lipinski definition) is 1. The summed E-state index contributed by atoms with van der Waals surface area (Å²) >= 11 is 0. The minimum atomic E-state index is -0.357. The molecule has 3 heteroatoms. The lowest BCUT2D eigenvalue weighted by Gasteiger charge is -2.27. The molecule has 0 aromatic carbocycles. The Labute approximate surface area is 118 Å². The molecule has 2 fully saturated rings. The molecule has 3 nitrogen and oxygen atoms in total. The number of nitrogens with one attached hydrogen (secondary N) is 1. The van der Waals surface area contributed by atoms with Gasteiger partial charge >= 0.3 is 0 Å². The molecule has 1 aliphatic heterocycles. The van der Waals surface area contributed by atoms with Crippen LogP contribution in [0, 0.1) is 23.2 Å². The molecule has 2 aliphatic rings. The Hall–Kier alpha value is -0.590. The second kappa shape index (κ2) is 6.24. The number of fused-ring (bicyclic) bond motifs is 1. The van der Waals surface area contributed by atoms with Gasteiger partial charge in [0.05, 0.1) is 6.07 Å². The zero-order valence-electron chi connectivity index (χ0n) is 12.8. The van der Waals surface area contributed by atoms with Gasteiger partial charge in [-0.15, -0.1) is 0 Å². The molecule has 108 valence electrons. The summed E-state index contributed by atoms with van der Waals surface area (Å²) in [6.07, 6.45) is 6.43. The van der Waals surface area contributed by atoms with E-state index in [9.17, 15) is 5.26 Å². The standard InChI is InChI=1S/C16H29N3/c1-13(2)18-16(3,12-17)8-5-9-19-10-14-6-4-7-15(14)11-19/h13-15,18H,4-11H2,1-3H3. The van der Waals surface area contributed by atoms with Crippen LogP contribution in [0.4, 0.5) is 0 Å². The van der Waals surface area contributed by atoms with Gasteiger partial charge in [-0.1, -0.05) is 6.42 Å². The molecule has 1 saturated heterocycles. The highest BCUT2D eigenvalue weighted by Gasteiger charge is 2.35. The van der Waals surface area contributed by atoms with Gasteiger partial charge in [-0.2, -0.15) is 5.26 Å². The summed E-state index contributed by atoms with van der Waals surface area (Å²) < 4.78 is 0. The minimum Gasteiger partial charge on any atom is -0.303 e. The van der Waals surface area contributed by atoms with Crippen molar-refractivity contribution in [1.29, 1.82) is 5.26 Å². The van der Waals surface area contributed by atoms with Gasteiger partial charge in [0.2, 0.25) is 0 Å². The molecule has 1 saturated carbocycles. The van der Waals surface area contributed by atoms with Gasteiger partial charge in [-0.05, 0) is 64.8 Å². The van der Waals surface area contributed by atoms with E-state index in [1.54, 1.807) is 0 Å². The van der Waals surface area contributed by atoms with Crippen LogP contribution in [-0.4, -0.2) is 36.1 Å². The Morgan fingerprint density at radius 2 is 1.95 bits per heavy atom. The maximum Gasteiger partial charge on any atom is 0.104 e. The van der Waals surface area contributed by atoms with Crippen molar-refractivity contribution in [2.75, 3.05) is 19.6 Å². The smallest absolute Gasteiger partial charge is 0.104 e. The first kappa shape index (κ1) is 14.8. The molecule has 2 rings (SSSR count). The Kier molecular flexibility index (Phi) is 4.86. The lowest BCUT2D eigenvalue weighted by atomic mass is 9.96. The summed E-state index contributed by atoms with van der Waals surface area (Å²) in [7, 11) is 0. The van der Waals surface area contributed by atoms with Crippen molar-refractivity contribution in [1.82, 2.24) is 10.2 Å². The molecule has 1 heterocycles. The molecule has 0 amide bonds. The van der Waals surface area contributed by atoms with Crippen LogP contribution in [0.2, 0.25) is 0 Å². The highest BCUT2D eigenvalue weighted by molar-refractivity contribution is 5.04. The molecule has 0 aromatic rings. The van der Waals surface area contributed by atoms with Crippen molar-refractivity contribution in [3.63, 3.8) is 0 Å². The van der Waals surface area contributed by atoms with Crippen molar-refractivity contribution >= 4 is 0 Å². The second-order valence-electron chi connectivity index (χ2n) is 7.06. The second-order valence-corrected chi connectivity index (χ2v) is 7.06. The molecule has 19 heavy (non-hydrogen) atoms. The van der Waals surface area contributed by atoms with Gasteiger partial charge in [0, 0.05) is 19.1 Å². The minimum absolute atomic E-state index is 0.357. The van der Waals surface area contributed by atoms with Crippen molar-refractivity contribution < 1.29 is 0 Å². The zero-order chi connectivity index (χ0) is 13.9. The van der Waals surface area contributed by atoms with Crippen molar-refractivity contribution in [2.24, 2.45) is 11.8 Å². The third-order valence-corrected chi connectivity index (χ3v) is 4.81. The summed E-state index contributed by atoms with van der Waals surface area (Å²) in [4.78, 5) is 2.63. The lowest BCUT2D eigenvalue weighted by molar-refractivity contribution is 0.283. The van der Waals surface area contributed by atoms with Crippen LogP contribution in [-0.2, 0) is 0 Å². The van der Waals surface area contributed by atoms with Crippen molar-refractivity contribution in [2.45, 2.75) is 64.5 Å². The number of nitriles is 1. The zero-order valence-corrected chi connectivity index (χ0v) is 12.8. The molecule has 0 bridgehead atoms. The first-order chi connectivity index (χ1) is 9.02. The Morgan fingerprint density at radius 3 is 2.47 bits per heavy atom. The van der Waals surface area contributed by atoms with E-state index in [4.69, 9.17) is 0 Å². The molecule has 0 spiro atoms. The number of rotatable bonds is 6. The molecular weight excluding hydrogens is 234 g/mol. The summed E-state index contributed by atoms with van der Waals surface area (Å²) in [5.74, 6) is 1.97. The molecular formula is C16H29N3. The largest absolute Gasteiger partial charge is 0.303 e. The van der Waals surface area contributed by atoms with E-state index in [1.807, 2.05) is 6.92 Å². The fourth-order valence-corrected chi connectivity index (χ4v) is 3.97. The molecule has 3 unspecified atom stereocenters.